The topological polar surface area (TPSA) is 97.9 Å². The number of aromatic nitrogens is 2. The summed E-state index contributed by atoms with van der Waals surface area (Å²) in [4.78, 5) is 44.7. The van der Waals surface area contributed by atoms with Crippen molar-refractivity contribution in [2.75, 3.05) is 20.2 Å². The molecule has 3 heterocycles. The fraction of sp³-hybridized carbons (Fsp3) is 0.619. The molecule has 1 aliphatic carbocycles. The average molecular weight is 502 g/mol. The third-order valence-electron chi connectivity index (χ3n) is 6.33. The molecule has 0 unspecified atom stereocenters. The number of nitrogens with zero attached hydrogens (tertiary/aromatic N) is 4. The summed E-state index contributed by atoms with van der Waals surface area (Å²) in [7, 11) is 1.22. The Morgan fingerprint density at radius 3 is 2.59 bits per heavy atom. The van der Waals surface area contributed by atoms with Crippen LogP contribution in [0.5, 0.6) is 0 Å². The summed E-state index contributed by atoms with van der Waals surface area (Å²) in [5, 5.41) is 3.26. The van der Waals surface area contributed by atoms with E-state index in [1.54, 1.807) is 11.8 Å². The molecule has 2 aromatic rings. The first kappa shape index (κ1) is 24.3. The summed E-state index contributed by atoms with van der Waals surface area (Å²) in [5.41, 5.74) is -0.756. The van der Waals surface area contributed by atoms with Gasteiger partial charge in [0.05, 0.1) is 25.5 Å². The van der Waals surface area contributed by atoms with Gasteiger partial charge >= 0.3 is 18.0 Å². The molecule has 0 bridgehead atoms. The number of carbonyl (C=O) groups is 1. The summed E-state index contributed by atoms with van der Waals surface area (Å²) < 4.78 is 45.8. The minimum Gasteiger partial charge on any atom is -0.451 e. The fourth-order valence-corrected chi connectivity index (χ4v) is 5.34. The van der Waals surface area contributed by atoms with Gasteiger partial charge in [-0.2, -0.15) is 13.2 Å². The van der Waals surface area contributed by atoms with Crippen LogP contribution in [-0.4, -0.2) is 52.5 Å². The van der Waals surface area contributed by atoms with Crippen molar-refractivity contribution in [3.8, 4) is 0 Å². The largest absolute Gasteiger partial charge is 0.451 e. The molecule has 1 N–H and O–H groups in total. The molecule has 9 nitrogen and oxygen atoms in total. The molecular weight excluding hydrogens is 475 g/mol. The summed E-state index contributed by atoms with van der Waals surface area (Å²) in [5.74, 6) is 0.317. The van der Waals surface area contributed by atoms with Crippen molar-refractivity contribution in [2.24, 2.45) is 10.4 Å². The van der Waals surface area contributed by atoms with Crippen molar-refractivity contribution < 1.29 is 22.7 Å². The Labute approximate surface area is 196 Å². The second-order valence-corrected chi connectivity index (χ2v) is 10.2. The first-order valence-electron chi connectivity index (χ1n) is 10.9. The maximum Gasteiger partial charge on any atom is 0.436 e. The number of amides is 1. The molecule has 1 amide bonds. The van der Waals surface area contributed by atoms with Crippen LogP contribution in [0.1, 0.15) is 36.6 Å². The van der Waals surface area contributed by atoms with Crippen molar-refractivity contribution >= 4 is 33.6 Å². The highest BCUT2D eigenvalue weighted by Crippen LogP contribution is 2.46. The van der Waals surface area contributed by atoms with Gasteiger partial charge in [0.2, 0.25) is 5.96 Å². The average Bonchev–Trinajstić information content (AvgIpc) is 3.18. The number of ether oxygens (including phenoxy) is 1. The first-order chi connectivity index (χ1) is 15.9. The van der Waals surface area contributed by atoms with Crippen LogP contribution in [0.2, 0.25) is 0 Å². The third-order valence-corrected chi connectivity index (χ3v) is 7.63. The molecule has 1 saturated carbocycles. The fourth-order valence-electron chi connectivity index (χ4n) is 4.01. The van der Waals surface area contributed by atoms with E-state index in [4.69, 9.17) is 0 Å². The number of hydrogen-bond donors (Lipinski definition) is 1. The number of carbonyl (C=O) groups excluding carboxylic acids is 1. The van der Waals surface area contributed by atoms with Gasteiger partial charge in [0, 0.05) is 31.1 Å². The zero-order valence-corrected chi connectivity index (χ0v) is 19.9. The first-order valence-corrected chi connectivity index (χ1v) is 11.7. The van der Waals surface area contributed by atoms with Gasteiger partial charge in [-0.15, -0.1) is 16.3 Å². The second-order valence-electron chi connectivity index (χ2n) is 9.09. The number of thiophene rings is 1. The Kier molecular flexibility index (Phi) is 6.25. The normalized spacial score (nSPS) is 18.5. The summed E-state index contributed by atoms with van der Waals surface area (Å²) in [6, 6.07) is 0. The molecule has 0 radical (unpaired) electrons. The van der Waals surface area contributed by atoms with Crippen molar-refractivity contribution in [1.82, 2.24) is 19.4 Å². The van der Waals surface area contributed by atoms with Crippen LogP contribution < -0.4 is 16.6 Å². The number of fused-ring (bicyclic) bond motifs is 1. The molecule has 34 heavy (non-hydrogen) atoms. The molecule has 186 valence electrons. The SMILES string of the molecule is COC(=O)/N=C1\NCCN1Cc1sc2c(c1C)c(=O)n(CC1(C)CC1)c(=O)n2CCC(F)(F)F. The molecule has 2 aliphatic rings. The minimum atomic E-state index is -4.44. The van der Waals surface area contributed by atoms with Gasteiger partial charge in [0.1, 0.15) is 4.83 Å². The maximum absolute atomic E-state index is 13.4. The number of rotatable bonds is 6. The van der Waals surface area contributed by atoms with Crippen molar-refractivity contribution in [3.05, 3.63) is 31.3 Å². The van der Waals surface area contributed by atoms with Crippen LogP contribution in [0.15, 0.2) is 14.6 Å². The quantitative estimate of drug-likeness (QED) is 0.654. The molecule has 4 rings (SSSR count). The van der Waals surface area contributed by atoms with E-state index in [2.05, 4.69) is 15.0 Å². The van der Waals surface area contributed by atoms with E-state index < -0.39 is 36.5 Å². The van der Waals surface area contributed by atoms with E-state index in [1.165, 1.54) is 7.11 Å². The second kappa shape index (κ2) is 8.75. The smallest absolute Gasteiger partial charge is 0.436 e. The van der Waals surface area contributed by atoms with Crippen LogP contribution in [0.3, 0.4) is 0 Å². The van der Waals surface area contributed by atoms with Gasteiger partial charge in [-0.3, -0.25) is 13.9 Å². The number of nitrogens with one attached hydrogen (secondary N) is 1. The number of aliphatic imine (C=N–C) groups is 1. The van der Waals surface area contributed by atoms with Gasteiger partial charge in [-0.05, 0) is 30.7 Å². The zero-order chi connectivity index (χ0) is 24.8. The zero-order valence-electron chi connectivity index (χ0n) is 19.1. The van der Waals surface area contributed by atoms with Crippen LogP contribution >= 0.6 is 11.3 Å². The summed E-state index contributed by atoms with van der Waals surface area (Å²) >= 11 is 1.13. The summed E-state index contributed by atoms with van der Waals surface area (Å²) in [6.45, 7) is 4.67. The Balaban J connectivity index is 1.80. The molecule has 0 aromatic carbocycles. The number of hydrogen-bond acceptors (Lipinski definition) is 5. The van der Waals surface area contributed by atoms with Crippen LogP contribution in [0, 0.1) is 12.3 Å². The van der Waals surface area contributed by atoms with Crippen molar-refractivity contribution in [2.45, 2.75) is 58.9 Å². The number of guanidine groups is 1. The monoisotopic (exact) mass is 501 g/mol. The number of methoxy groups -OCH3 is 1. The highest BCUT2D eigenvalue weighted by molar-refractivity contribution is 7.18. The van der Waals surface area contributed by atoms with Crippen LogP contribution in [0.4, 0.5) is 18.0 Å². The minimum absolute atomic E-state index is 0.184. The highest BCUT2D eigenvalue weighted by Gasteiger charge is 2.39. The lowest BCUT2D eigenvalue weighted by Gasteiger charge is -2.16. The maximum atomic E-state index is 13.4. The summed E-state index contributed by atoms with van der Waals surface area (Å²) in [6.07, 6.45) is -4.66. The molecular formula is C21H26F3N5O4S. The molecule has 2 aromatic heterocycles. The lowest BCUT2D eigenvalue weighted by atomic mass is 10.1. The highest BCUT2D eigenvalue weighted by atomic mass is 32.1. The van der Waals surface area contributed by atoms with E-state index in [1.807, 2.05) is 6.92 Å². The molecule has 0 atom stereocenters. The van der Waals surface area contributed by atoms with Gasteiger partial charge in [-0.1, -0.05) is 6.92 Å². The molecule has 2 fully saturated rings. The lowest BCUT2D eigenvalue weighted by molar-refractivity contribution is -0.136. The Hall–Kier alpha value is -2.83. The van der Waals surface area contributed by atoms with E-state index in [-0.39, 0.29) is 28.7 Å². The van der Waals surface area contributed by atoms with Gasteiger partial charge in [0.25, 0.3) is 5.56 Å². The Bertz CT molecular complexity index is 1270. The molecule has 1 aliphatic heterocycles. The van der Waals surface area contributed by atoms with Gasteiger partial charge in [0.15, 0.2) is 0 Å². The van der Waals surface area contributed by atoms with E-state index in [9.17, 15) is 27.6 Å². The van der Waals surface area contributed by atoms with Crippen LogP contribution in [-0.2, 0) is 24.4 Å². The standard InChI is InChI=1S/C21H26F3N5O4S/c1-12-13(10-27-9-7-25-17(27)26-18(31)33-3)34-16-14(12)15(30)29(11-20(2)4-5-20)19(32)28(16)8-6-21(22,23)24/h4-11H2,1-3H3,(H,25,26,31). The van der Waals surface area contributed by atoms with E-state index in [0.717, 1.165) is 33.3 Å². The molecule has 1 saturated heterocycles. The number of alkyl halides is 3. The van der Waals surface area contributed by atoms with E-state index >= 15 is 0 Å². The third kappa shape index (κ3) is 4.84. The van der Waals surface area contributed by atoms with Gasteiger partial charge < -0.3 is 15.0 Å². The van der Waals surface area contributed by atoms with Crippen molar-refractivity contribution in [1.29, 1.82) is 0 Å². The van der Waals surface area contributed by atoms with Gasteiger partial charge in [-0.25, -0.2) is 9.59 Å². The number of halogens is 3. The lowest BCUT2D eigenvalue weighted by Crippen LogP contribution is -2.41. The Morgan fingerprint density at radius 2 is 1.97 bits per heavy atom. The molecule has 0 spiro atoms. The van der Waals surface area contributed by atoms with Crippen molar-refractivity contribution in [3.63, 3.8) is 0 Å². The predicted octanol–water partition coefficient (Wildman–Crippen LogP) is 2.81. The molecule has 13 heteroatoms. The van der Waals surface area contributed by atoms with E-state index in [0.29, 0.717) is 29.5 Å². The Morgan fingerprint density at radius 1 is 1.26 bits per heavy atom. The number of aryl methyl sites for hydroxylation is 2. The van der Waals surface area contributed by atoms with Crippen LogP contribution in [0.25, 0.3) is 10.2 Å². The predicted molar refractivity (Wildman–Crippen MR) is 121 cm³/mol.